The summed E-state index contributed by atoms with van der Waals surface area (Å²) < 4.78 is 0. The molecular formula is C14H11N5OS. The Labute approximate surface area is 124 Å². The van der Waals surface area contributed by atoms with E-state index in [4.69, 9.17) is 0 Å². The minimum absolute atomic E-state index is 0.256. The van der Waals surface area contributed by atoms with E-state index < -0.39 is 0 Å². The van der Waals surface area contributed by atoms with Gasteiger partial charge in [-0.15, -0.1) is 10.2 Å². The highest BCUT2D eigenvalue weighted by Crippen LogP contribution is 2.25. The summed E-state index contributed by atoms with van der Waals surface area (Å²) in [5.41, 5.74) is 6.84. The maximum Gasteiger partial charge on any atom is 0.269 e. The van der Waals surface area contributed by atoms with Crippen LogP contribution in [0.5, 0.6) is 0 Å². The third kappa shape index (κ3) is 3.21. The number of nitrogens with one attached hydrogen (secondary N) is 2. The van der Waals surface area contributed by atoms with Crippen molar-refractivity contribution in [2.45, 2.75) is 0 Å². The highest BCUT2D eigenvalue weighted by atomic mass is 32.1. The van der Waals surface area contributed by atoms with Crippen LogP contribution in [-0.4, -0.2) is 21.1 Å². The van der Waals surface area contributed by atoms with Gasteiger partial charge in [0, 0.05) is 23.5 Å². The Balaban J connectivity index is 1.64. The molecule has 0 aliphatic heterocycles. The Bertz CT molecular complexity index is 729. The number of amides is 1. The van der Waals surface area contributed by atoms with E-state index in [9.17, 15) is 4.79 Å². The number of pyridine rings is 1. The Morgan fingerprint density at radius 2 is 1.76 bits per heavy atom. The molecule has 0 saturated carbocycles. The first-order valence-corrected chi connectivity index (χ1v) is 7.00. The maximum absolute atomic E-state index is 11.8. The van der Waals surface area contributed by atoms with E-state index in [0.717, 1.165) is 10.6 Å². The van der Waals surface area contributed by atoms with Crippen molar-refractivity contribution in [2.24, 2.45) is 0 Å². The van der Waals surface area contributed by atoms with Gasteiger partial charge in [-0.2, -0.15) is 0 Å². The monoisotopic (exact) mass is 297 g/mol. The molecule has 0 radical (unpaired) electrons. The third-order valence-electron chi connectivity index (χ3n) is 2.67. The van der Waals surface area contributed by atoms with E-state index >= 15 is 0 Å². The molecule has 3 aromatic rings. The lowest BCUT2D eigenvalue weighted by atomic mass is 10.2. The summed E-state index contributed by atoms with van der Waals surface area (Å²) in [6, 6.07) is 13.0. The molecule has 0 aliphatic carbocycles. The summed E-state index contributed by atoms with van der Waals surface area (Å²) in [7, 11) is 0. The minimum atomic E-state index is -0.256. The molecule has 0 bridgehead atoms. The quantitative estimate of drug-likeness (QED) is 0.723. The van der Waals surface area contributed by atoms with Crippen LogP contribution in [0.3, 0.4) is 0 Å². The number of hydrazine groups is 1. The Morgan fingerprint density at radius 3 is 2.52 bits per heavy atom. The first-order chi connectivity index (χ1) is 10.3. The van der Waals surface area contributed by atoms with Gasteiger partial charge in [0.25, 0.3) is 5.91 Å². The van der Waals surface area contributed by atoms with Crippen molar-refractivity contribution in [3.8, 4) is 10.6 Å². The fraction of sp³-hybridized carbons (Fsp3) is 0. The molecule has 0 atom stereocenters. The highest BCUT2D eigenvalue weighted by molar-refractivity contribution is 7.18. The van der Waals surface area contributed by atoms with Crippen LogP contribution >= 0.6 is 11.3 Å². The van der Waals surface area contributed by atoms with Crippen molar-refractivity contribution in [3.05, 3.63) is 60.4 Å². The van der Waals surface area contributed by atoms with Crippen molar-refractivity contribution >= 4 is 22.4 Å². The fourth-order valence-corrected chi connectivity index (χ4v) is 2.36. The van der Waals surface area contributed by atoms with E-state index in [-0.39, 0.29) is 5.91 Å². The second-order valence-electron chi connectivity index (χ2n) is 4.09. The molecule has 0 saturated heterocycles. The van der Waals surface area contributed by atoms with Gasteiger partial charge in [0.2, 0.25) is 5.13 Å². The van der Waals surface area contributed by atoms with Gasteiger partial charge in [-0.3, -0.25) is 20.6 Å². The number of carbonyl (C=O) groups is 1. The van der Waals surface area contributed by atoms with Crippen molar-refractivity contribution in [2.75, 3.05) is 5.43 Å². The number of carbonyl (C=O) groups excluding carboxylic acids is 1. The van der Waals surface area contributed by atoms with Crippen molar-refractivity contribution in [1.82, 2.24) is 20.6 Å². The maximum atomic E-state index is 11.8. The lowest BCUT2D eigenvalue weighted by molar-refractivity contribution is 0.0962. The zero-order valence-corrected chi connectivity index (χ0v) is 11.7. The SMILES string of the molecule is O=C(NNc1nnc(-c2ccccc2)s1)c1ccncc1. The number of nitrogens with zero attached hydrogens (tertiary/aromatic N) is 3. The van der Waals surface area contributed by atoms with Gasteiger partial charge in [0.05, 0.1) is 0 Å². The van der Waals surface area contributed by atoms with Crippen LogP contribution in [0.2, 0.25) is 0 Å². The molecule has 1 amide bonds. The molecule has 2 N–H and O–H groups in total. The highest BCUT2D eigenvalue weighted by Gasteiger charge is 2.08. The summed E-state index contributed by atoms with van der Waals surface area (Å²) in [5.74, 6) is -0.256. The Hall–Kier alpha value is -2.80. The van der Waals surface area contributed by atoms with Crippen molar-refractivity contribution in [1.29, 1.82) is 0 Å². The first kappa shape index (κ1) is 13.2. The zero-order chi connectivity index (χ0) is 14.5. The normalized spacial score (nSPS) is 10.1. The van der Waals surface area contributed by atoms with E-state index in [2.05, 4.69) is 26.0 Å². The molecule has 0 aliphatic rings. The number of hydrogen-bond acceptors (Lipinski definition) is 6. The molecule has 0 fully saturated rings. The van der Waals surface area contributed by atoms with Crippen molar-refractivity contribution in [3.63, 3.8) is 0 Å². The van der Waals surface area contributed by atoms with Gasteiger partial charge in [0.15, 0.2) is 0 Å². The summed E-state index contributed by atoms with van der Waals surface area (Å²) in [5, 5.41) is 9.38. The lowest BCUT2D eigenvalue weighted by Crippen LogP contribution is -2.29. The lowest BCUT2D eigenvalue weighted by Gasteiger charge is -2.04. The first-order valence-electron chi connectivity index (χ1n) is 6.18. The summed E-state index contributed by atoms with van der Waals surface area (Å²) in [6.45, 7) is 0. The average Bonchev–Trinajstić information content (AvgIpc) is 3.03. The second-order valence-corrected chi connectivity index (χ2v) is 5.07. The second kappa shape index (κ2) is 6.10. The van der Waals surface area contributed by atoms with Crippen LogP contribution in [0.4, 0.5) is 5.13 Å². The molecule has 0 unspecified atom stereocenters. The van der Waals surface area contributed by atoms with Crippen LogP contribution in [0.15, 0.2) is 54.9 Å². The van der Waals surface area contributed by atoms with Crippen LogP contribution in [0.25, 0.3) is 10.6 Å². The molecule has 21 heavy (non-hydrogen) atoms. The third-order valence-corrected chi connectivity index (χ3v) is 3.56. The van der Waals surface area contributed by atoms with Crippen LogP contribution < -0.4 is 10.9 Å². The van der Waals surface area contributed by atoms with E-state index in [1.165, 1.54) is 11.3 Å². The number of benzene rings is 1. The van der Waals surface area contributed by atoms with E-state index in [0.29, 0.717) is 10.7 Å². The molecule has 104 valence electrons. The number of rotatable bonds is 4. The number of aromatic nitrogens is 3. The Kier molecular flexibility index (Phi) is 3.83. The smallest absolute Gasteiger partial charge is 0.269 e. The predicted octanol–water partition coefficient (Wildman–Crippen LogP) is 2.36. The van der Waals surface area contributed by atoms with Gasteiger partial charge >= 0.3 is 0 Å². The predicted molar refractivity (Wildman–Crippen MR) is 80.7 cm³/mol. The van der Waals surface area contributed by atoms with E-state index in [1.807, 2.05) is 30.3 Å². The average molecular weight is 297 g/mol. The number of anilines is 1. The van der Waals surface area contributed by atoms with Crippen LogP contribution in [0.1, 0.15) is 10.4 Å². The summed E-state index contributed by atoms with van der Waals surface area (Å²) >= 11 is 1.36. The molecule has 7 heteroatoms. The molecular weight excluding hydrogens is 286 g/mol. The van der Waals surface area contributed by atoms with Gasteiger partial charge in [-0.25, -0.2) is 0 Å². The van der Waals surface area contributed by atoms with Crippen molar-refractivity contribution < 1.29 is 4.79 Å². The van der Waals surface area contributed by atoms with E-state index in [1.54, 1.807) is 24.5 Å². The standard InChI is InChI=1S/C14H11N5OS/c20-12(10-6-8-15-9-7-10)16-18-14-19-17-13(21-14)11-4-2-1-3-5-11/h1-9H,(H,16,20)(H,18,19). The Morgan fingerprint density at radius 1 is 1.00 bits per heavy atom. The topological polar surface area (TPSA) is 79.8 Å². The molecule has 2 heterocycles. The fourth-order valence-electron chi connectivity index (χ4n) is 1.66. The molecule has 3 rings (SSSR count). The van der Waals surface area contributed by atoms with Crippen LogP contribution in [0, 0.1) is 0 Å². The molecule has 1 aromatic carbocycles. The largest absolute Gasteiger partial charge is 0.271 e. The summed E-state index contributed by atoms with van der Waals surface area (Å²) in [6.07, 6.45) is 3.13. The van der Waals surface area contributed by atoms with Gasteiger partial charge in [-0.05, 0) is 12.1 Å². The van der Waals surface area contributed by atoms with Crippen LogP contribution in [-0.2, 0) is 0 Å². The molecule has 2 aromatic heterocycles. The minimum Gasteiger partial charge on any atom is -0.271 e. The van der Waals surface area contributed by atoms with Gasteiger partial charge in [-0.1, -0.05) is 41.7 Å². The zero-order valence-electron chi connectivity index (χ0n) is 10.9. The molecule has 0 spiro atoms. The molecule has 6 nitrogen and oxygen atoms in total. The number of hydrogen-bond donors (Lipinski definition) is 2. The van der Waals surface area contributed by atoms with Gasteiger partial charge in [0.1, 0.15) is 5.01 Å². The van der Waals surface area contributed by atoms with Gasteiger partial charge < -0.3 is 0 Å². The summed E-state index contributed by atoms with van der Waals surface area (Å²) in [4.78, 5) is 15.7.